The van der Waals surface area contributed by atoms with Crippen LogP contribution in [0.25, 0.3) is 0 Å². The van der Waals surface area contributed by atoms with Crippen molar-refractivity contribution in [3.8, 4) is 11.5 Å². The highest BCUT2D eigenvalue weighted by atomic mass is 32.2. The number of alkyl halides is 3. The van der Waals surface area contributed by atoms with Gasteiger partial charge in [-0.1, -0.05) is 36.4 Å². The highest BCUT2D eigenvalue weighted by molar-refractivity contribution is 7.98. The van der Waals surface area contributed by atoms with Crippen LogP contribution in [0.5, 0.6) is 11.5 Å². The van der Waals surface area contributed by atoms with Crippen molar-refractivity contribution in [2.45, 2.75) is 74.5 Å². The number of ether oxygens (including phenoxy) is 3. The second-order valence-electron chi connectivity index (χ2n) is 11.7. The molecule has 0 radical (unpaired) electrons. The van der Waals surface area contributed by atoms with Crippen molar-refractivity contribution >= 4 is 17.9 Å². The molecule has 5 rings (SSSR count). The van der Waals surface area contributed by atoms with E-state index < -0.39 is 23.4 Å². The maximum absolute atomic E-state index is 13.7. The molecule has 9 heteroatoms. The largest absolute Gasteiger partial charge is 0.493 e. The van der Waals surface area contributed by atoms with Gasteiger partial charge < -0.3 is 19.1 Å². The summed E-state index contributed by atoms with van der Waals surface area (Å²) in [6.45, 7) is 6.68. The minimum atomic E-state index is -4.47. The summed E-state index contributed by atoms with van der Waals surface area (Å²) in [5, 5.41) is 0. The lowest BCUT2D eigenvalue weighted by molar-refractivity contribution is -0.137. The van der Waals surface area contributed by atoms with Crippen molar-refractivity contribution in [3.63, 3.8) is 0 Å². The molecular formula is C33H36F3NO4S. The number of halogens is 3. The zero-order valence-electron chi connectivity index (χ0n) is 24.1. The van der Waals surface area contributed by atoms with Gasteiger partial charge in [0.15, 0.2) is 0 Å². The summed E-state index contributed by atoms with van der Waals surface area (Å²) in [4.78, 5) is 15.2. The molecule has 1 fully saturated rings. The highest BCUT2D eigenvalue weighted by Gasteiger charge is 2.35. The molecule has 2 heterocycles. The molecule has 3 aromatic rings. The van der Waals surface area contributed by atoms with Crippen LogP contribution < -0.4 is 9.47 Å². The number of hydrogen-bond donors (Lipinski definition) is 0. The second kappa shape index (κ2) is 12.5. The first-order valence-electron chi connectivity index (χ1n) is 14.3. The third-order valence-electron chi connectivity index (χ3n) is 7.41. The van der Waals surface area contributed by atoms with Crippen LogP contribution in [-0.4, -0.2) is 36.3 Å². The van der Waals surface area contributed by atoms with E-state index in [-0.39, 0.29) is 12.0 Å². The molecule has 0 aliphatic carbocycles. The molecule has 1 atom stereocenters. The van der Waals surface area contributed by atoms with Crippen molar-refractivity contribution in [2.24, 2.45) is 0 Å². The molecule has 42 heavy (non-hydrogen) atoms. The molecule has 5 nitrogen and oxygen atoms in total. The average molecular weight is 600 g/mol. The Morgan fingerprint density at radius 2 is 1.69 bits per heavy atom. The molecular weight excluding hydrogens is 563 g/mol. The Morgan fingerprint density at radius 1 is 0.952 bits per heavy atom. The first-order chi connectivity index (χ1) is 20.0. The van der Waals surface area contributed by atoms with Gasteiger partial charge in [-0.2, -0.15) is 13.2 Å². The second-order valence-corrected chi connectivity index (χ2v) is 12.8. The van der Waals surface area contributed by atoms with E-state index in [9.17, 15) is 18.0 Å². The van der Waals surface area contributed by atoms with E-state index in [1.165, 1.54) is 17.7 Å². The Hall–Kier alpha value is -3.33. The number of thioether (sulfide) groups is 1. The highest BCUT2D eigenvalue weighted by Crippen LogP contribution is 2.43. The standard InChI is InChI=1S/C33H36F3NO4S/c1-32(2,3)41-31(38)37-16-13-23(14-17-37)27-19-24(33(34,35)36)9-12-28(27)40-29-15-18-39-30-20-25(10-11-26(29)30)42-21-22-7-5-4-6-8-22/h4-12,19-20,23,29H,13-18,21H2,1-3H3. The number of carbonyl (C=O) groups is 1. The van der Waals surface area contributed by atoms with Crippen LogP contribution in [0.15, 0.2) is 71.6 Å². The molecule has 2 aliphatic heterocycles. The summed E-state index contributed by atoms with van der Waals surface area (Å²) in [6, 6.07) is 20.0. The zero-order valence-corrected chi connectivity index (χ0v) is 24.9. The average Bonchev–Trinajstić information content (AvgIpc) is 2.95. The Bertz CT molecular complexity index is 1380. The minimum absolute atomic E-state index is 0.183. The third kappa shape index (κ3) is 7.54. The molecule has 2 aliphatic rings. The van der Waals surface area contributed by atoms with E-state index in [2.05, 4.69) is 12.1 Å². The fourth-order valence-electron chi connectivity index (χ4n) is 5.29. The van der Waals surface area contributed by atoms with Gasteiger partial charge in [0.2, 0.25) is 0 Å². The van der Waals surface area contributed by atoms with Crippen LogP contribution in [0.2, 0.25) is 0 Å². The first kappa shape index (κ1) is 30.1. The van der Waals surface area contributed by atoms with Gasteiger partial charge in [-0.3, -0.25) is 0 Å². The number of amides is 1. The van der Waals surface area contributed by atoms with Crippen LogP contribution in [0, 0.1) is 0 Å². The molecule has 1 unspecified atom stereocenters. The number of benzene rings is 3. The van der Waals surface area contributed by atoms with E-state index in [0.717, 1.165) is 28.0 Å². The normalized spacial score (nSPS) is 17.8. The number of nitrogens with zero attached hydrogens (tertiary/aromatic N) is 1. The van der Waals surface area contributed by atoms with Crippen molar-refractivity contribution in [1.82, 2.24) is 4.90 Å². The smallest absolute Gasteiger partial charge is 0.416 e. The lowest BCUT2D eigenvalue weighted by Gasteiger charge is -2.35. The van der Waals surface area contributed by atoms with Gasteiger partial charge in [-0.25, -0.2) is 4.79 Å². The molecule has 0 bridgehead atoms. The quantitative estimate of drug-likeness (QED) is 0.265. The van der Waals surface area contributed by atoms with Crippen LogP contribution >= 0.6 is 11.8 Å². The van der Waals surface area contributed by atoms with Gasteiger partial charge in [-0.05, 0) is 81.0 Å². The van der Waals surface area contributed by atoms with E-state index in [0.29, 0.717) is 50.3 Å². The topological polar surface area (TPSA) is 48.0 Å². The van der Waals surface area contributed by atoms with Crippen molar-refractivity contribution in [1.29, 1.82) is 0 Å². The first-order valence-corrected chi connectivity index (χ1v) is 15.2. The summed E-state index contributed by atoms with van der Waals surface area (Å²) >= 11 is 1.72. The van der Waals surface area contributed by atoms with E-state index >= 15 is 0 Å². The van der Waals surface area contributed by atoms with Gasteiger partial charge in [0.05, 0.1) is 12.2 Å². The predicted octanol–water partition coefficient (Wildman–Crippen LogP) is 9.01. The number of piperidine rings is 1. The predicted molar refractivity (Wildman–Crippen MR) is 157 cm³/mol. The van der Waals surface area contributed by atoms with Crippen LogP contribution in [0.1, 0.15) is 74.3 Å². The maximum atomic E-state index is 13.7. The molecule has 224 valence electrons. The summed E-state index contributed by atoms with van der Waals surface area (Å²) in [6.07, 6.45) is -3.60. The minimum Gasteiger partial charge on any atom is -0.493 e. The zero-order chi connectivity index (χ0) is 29.9. The number of rotatable bonds is 6. The van der Waals surface area contributed by atoms with Crippen LogP contribution in [0.3, 0.4) is 0 Å². The molecule has 1 saturated heterocycles. The van der Waals surface area contributed by atoms with Crippen LogP contribution in [0.4, 0.5) is 18.0 Å². The van der Waals surface area contributed by atoms with E-state index in [1.807, 2.05) is 57.2 Å². The Labute approximate surface area is 249 Å². The van der Waals surface area contributed by atoms with Gasteiger partial charge in [0, 0.05) is 35.7 Å². The monoisotopic (exact) mass is 599 g/mol. The summed E-state index contributed by atoms with van der Waals surface area (Å²) in [7, 11) is 0. The van der Waals surface area contributed by atoms with E-state index in [4.69, 9.17) is 14.2 Å². The molecule has 1 amide bonds. The Morgan fingerprint density at radius 3 is 2.38 bits per heavy atom. The molecule has 0 N–H and O–H groups in total. The van der Waals surface area contributed by atoms with Gasteiger partial charge in [0.25, 0.3) is 0 Å². The van der Waals surface area contributed by atoms with Gasteiger partial charge in [-0.15, -0.1) is 11.8 Å². The van der Waals surface area contributed by atoms with Crippen LogP contribution in [-0.2, 0) is 16.7 Å². The number of fused-ring (bicyclic) bond motifs is 1. The molecule has 0 saturated carbocycles. The molecule has 0 aromatic heterocycles. The fraction of sp³-hybridized carbons (Fsp3) is 0.424. The SMILES string of the molecule is CC(C)(C)OC(=O)N1CCC(c2cc(C(F)(F)F)ccc2OC2CCOc3cc(SCc4ccccc4)ccc32)CC1. The fourth-order valence-corrected chi connectivity index (χ4v) is 6.17. The summed E-state index contributed by atoms with van der Waals surface area (Å²) in [5.74, 6) is 1.83. The van der Waals surface area contributed by atoms with Crippen molar-refractivity contribution < 1.29 is 32.2 Å². The number of carbonyl (C=O) groups excluding carboxylic acids is 1. The number of likely N-dealkylation sites (tertiary alicyclic amines) is 1. The molecule has 0 spiro atoms. The lowest BCUT2D eigenvalue weighted by Crippen LogP contribution is -2.41. The lowest BCUT2D eigenvalue weighted by atomic mass is 9.87. The van der Waals surface area contributed by atoms with Crippen molar-refractivity contribution in [2.75, 3.05) is 19.7 Å². The van der Waals surface area contributed by atoms with Gasteiger partial charge >= 0.3 is 12.3 Å². The Kier molecular flexibility index (Phi) is 8.97. The Balaban J connectivity index is 1.33. The third-order valence-corrected chi connectivity index (χ3v) is 8.48. The molecule has 3 aromatic carbocycles. The number of hydrogen-bond acceptors (Lipinski definition) is 5. The summed E-state index contributed by atoms with van der Waals surface area (Å²) in [5.41, 5.74) is 1.32. The maximum Gasteiger partial charge on any atom is 0.416 e. The van der Waals surface area contributed by atoms with Crippen molar-refractivity contribution in [3.05, 3.63) is 89.0 Å². The van der Waals surface area contributed by atoms with E-state index in [1.54, 1.807) is 16.7 Å². The van der Waals surface area contributed by atoms with Gasteiger partial charge in [0.1, 0.15) is 23.2 Å². The summed E-state index contributed by atoms with van der Waals surface area (Å²) < 4.78 is 59.1.